The van der Waals surface area contributed by atoms with Crippen LogP contribution in [0.3, 0.4) is 0 Å². The van der Waals surface area contributed by atoms with Gasteiger partial charge in [-0.15, -0.1) is 0 Å². The zero-order valence-electron chi connectivity index (χ0n) is 11.8. The van der Waals surface area contributed by atoms with Crippen LogP contribution in [-0.4, -0.2) is 7.85 Å². The highest BCUT2D eigenvalue weighted by Gasteiger charge is 2.29. The third-order valence-corrected chi connectivity index (χ3v) is 4.87. The molecule has 0 spiro atoms. The molecule has 1 aliphatic carbocycles. The summed E-state index contributed by atoms with van der Waals surface area (Å²) >= 11 is 0. The zero-order chi connectivity index (χ0) is 12.2. The zero-order valence-corrected chi connectivity index (χ0v) is 11.8. The third kappa shape index (κ3) is 3.68. The van der Waals surface area contributed by atoms with Crippen LogP contribution in [0.15, 0.2) is 12.2 Å². The van der Waals surface area contributed by atoms with Crippen LogP contribution in [-0.2, 0) is 0 Å². The van der Waals surface area contributed by atoms with E-state index in [1.165, 1.54) is 50.5 Å². The molecular weight excluding hydrogens is 191 g/mol. The predicted molar refractivity (Wildman–Crippen MR) is 76.7 cm³/mol. The summed E-state index contributed by atoms with van der Waals surface area (Å²) in [6, 6.07) is 0. The van der Waals surface area contributed by atoms with Crippen LogP contribution < -0.4 is 0 Å². The molecule has 0 aliphatic heterocycles. The molecule has 0 amide bonds. The summed E-state index contributed by atoms with van der Waals surface area (Å²) in [4.78, 5) is 0. The van der Waals surface area contributed by atoms with Gasteiger partial charge >= 0.3 is 0 Å². The summed E-state index contributed by atoms with van der Waals surface area (Å²) < 4.78 is 0. The van der Waals surface area contributed by atoms with Crippen molar-refractivity contribution in [1.29, 1.82) is 0 Å². The van der Waals surface area contributed by atoms with E-state index in [0.29, 0.717) is 5.41 Å². The molecule has 0 nitrogen and oxygen atoms in total. The topological polar surface area (TPSA) is 0 Å². The molecule has 0 radical (unpaired) electrons. The van der Waals surface area contributed by atoms with Gasteiger partial charge in [0.2, 0.25) is 0 Å². The highest BCUT2D eigenvalue weighted by atomic mass is 14.3. The molecule has 0 heterocycles. The lowest BCUT2D eigenvalue weighted by atomic mass is 9.70. The molecule has 1 saturated carbocycles. The Balaban J connectivity index is 2.61. The van der Waals surface area contributed by atoms with E-state index >= 15 is 0 Å². The van der Waals surface area contributed by atoms with Crippen molar-refractivity contribution in [2.24, 2.45) is 11.3 Å². The Morgan fingerprint density at radius 2 is 1.56 bits per heavy atom. The Morgan fingerprint density at radius 1 is 1.06 bits per heavy atom. The molecular formula is C15H29B. The lowest BCUT2D eigenvalue weighted by molar-refractivity contribution is 0.226. The van der Waals surface area contributed by atoms with Crippen LogP contribution in [0.5, 0.6) is 0 Å². The molecule has 1 fully saturated rings. The van der Waals surface area contributed by atoms with Crippen molar-refractivity contribution in [1.82, 2.24) is 0 Å². The second-order valence-electron chi connectivity index (χ2n) is 6.52. The summed E-state index contributed by atoms with van der Waals surface area (Å²) in [5.74, 6) is 1.81. The van der Waals surface area contributed by atoms with Crippen molar-refractivity contribution in [2.45, 2.75) is 71.5 Å². The molecule has 2 unspecified atom stereocenters. The van der Waals surface area contributed by atoms with Gasteiger partial charge in [-0.2, -0.15) is 0 Å². The van der Waals surface area contributed by atoms with Crippen LogP contribution >= 0.6 is 0 Å². The summed E-state index contributed by atoms with van der Waals surface area (Å²) in [7, 11) is 2.42. The van der Waals surface area contributed by atoms with E-state index in [0.717, 1.165) is 11.7 Å². The minimum absolute atomic E-state index is 0.341. The molecule has 2 atom stereocenters. The van der Waals surface area contributed by atoms with E-state index < -0.39 is 0 Å². The fraction of sp³-hybridized carbons (Fsp3) is 0.867. The first-order valence-corrected chi connectivity index (χ1v) is 7.10. The molecule has 16 heavy (non-hydrogen) atoms. The van der Waals surface area contributed by atoms with Gasteiger partial charge < -0.3 is 0 Å². The molecule has 0 aromatic heterocycles. The maximum absolute atomic E-state index is 4.19. The Hall–Kier alpha value is -0.195. The maximum Gasteiger partial charge on any atom is 0.105 e. The SMILES string of the molecule is BC1CCCCC(C(C)(C)C(=C)C)CCC1. The van der Waals surface area contributed by atoms with Crippen molar-refractivity contribution in [2.75, 3.05) is 0 Å². The van der Waals surface area contributed by atoms with Crippen molar-refractivity contribution >= 4 is 7.85 Å². The van der Waals surface area contributed by atoms with Gasteiger partial charge in [-0.3, -0.25) is 0 Å². The number of hydrogen-bond acceptors (Lipinski definition) is 0. The number of allylic oxidation sites excluding steroid dienone is 1. The summed E-state index contributed by atoms with van der Waals surface area (Å²) in [5, 5.41) is 0. The van der Waals surface area contributed by atoms with E-state index in [4.69, 9.17) is 0 Å². The molecule has 0 saturated heterocycles. The summed E-state index contributed by atoms with van der Waals surface area (Å²) in [6.45, 7) is 11.2. The summed E-state index contributed by atoms with van der Waals surface area (Å²) in [5.41, 5.74) is 1.71. The van der Waals surface area contributed by atoms with E-state index in [1.54, 1.807) is 0 Å². The van der Waals surface area contributed by atoms with E-state index in [-0.39, 0.29) is 0 Å². The van der Waals surface area contributed by atoms with Crippen LogP contribution in [0.1, 0.15) is 65.7 Å². The monoisotopic (exact) mass is 220 g/mol. The predicted octanol–water partition coefficient (Wildman–Crippen LogP) is 4.37. The van der Waals surface area contributed by atoms with Gasteiger partial charge in [0.1, 0.15) is 7.85 Å². The molecule has 1 heteroatoms. The second-order valence-corrected chi connectivity index (χ2v) is 6.52. The minimum Gasteiger partial charge on any atom is -0.0996 e. The molecule has 92 valence electrons. The van der Waals surface area contributed by atoms with Crippen LogP contribution in [0.25, 0.3) is 0 Å². The highest BCUT2D eigenvalue weighted by Crippen LogP contribution is 2.41. The lowest BCUT2D eigenvalue weighted by Crippen LogP contribution is -2.25. The van der Waals surface area contributed by atoms with Crippen molar-refractivity contribution in [3.8, 4) is 0 Å². The van der Waals surface area contributed by atoms with Crippen molar-refractivity contribution in [3.63, 3.8) is 0 Å². The Kier molecular flexibility index (Phi) is 5.14. The van der Waals surface area contributed by atoms with Crippen LogP contribution in [0, 0.1) is 11.3 Å². The first-order chi connectivity index (χ1) is 7.44. The van der Waals surface area contributed by atoms with Gasteiger partial charge in [-0.1, -0.05) is 63.9 Å². The van der Waals surface area contributed by atoms with Gasteiger partial charge in [-0.05, 0) is 31.1 Å². The maximum atomic E-state index is 4.19. The standard InChI is InChI=1S/C15H29B/c1-12(2)15(3,4)13-8-5-6-10-14(16)11-7-9-13/h13-14H,1,5-11,16H2,2-4H3. The smallest absolute Gasteiger partial charge is 0.0996 e. The second kappa shape index (κ2) is 5.93. The van der Waals surface area contributed by atoms with Gasteiger partial charge in [0.15, 0.2) is 0 Å². The Bertz CT molecular complexity index is 230. The van der Waals surface area contributed by atoms with Gasteiger partial charge in [0.05, 0.1) is 0 Å². The van der Waals surface area contributed by atoms with Crippen LogP contribution in [0.2, 0.25) is 5.82 Å². The first-order valence-electron chi connectivity index (χ1n) is 7.10. The molecule has 0 aromatic carbocycles. The highest BCUT2D eigenvalue weighted by molar-refractivity contribution is 6.11. The first kappa shape index (κ1) is 13.9. The molecule has 1 rings (SSSR count). The number of hydrogen-bond donors (Lipinski definition) is 0. The average molecular weight is 220 g/mol. The number of rotatable bonds is 2. The van der Waals surface area contributed by atoms with Gasteiger partial charge in [0.25, 0.3) is 0 Å². The molecule has 1 aliphatic rings. The average Bonchev–Trinajstić information content (AvgIpc) is 2.30. The van der Waals surface area contributed by atoms with E-state index in [1.807, 2.05) is 0 Å². The van der Waals surface area contributed by atoms with Gasteiger partial charge in [-0.25, -0.2) is 0 Å². The summed E-state index contributed by atoms with van der Waals surface area (Å²) in [6.07, 6.45) is 9.97. The van der Waals surface area contributed by atoms with E-state index in [9.17, 15) is 0 Å². The molecule has 0 bridgehead atoms. The fourth-order valence-electron chi connectivity index (χ4n) is 2.96. The normalized spacial score (nSPS) is 28.9. The molecule has 0 N–H and O–H groups in total. The van der Waals surface area contributed by atoms with Crippen molar-refractivity contribution < 1.29 is 0 Å². The lowest BCUT2D eigenvalue weighted by Gasteiger charge is -2.35. The Morgan fingerprint density at radius 3 is 2.19 bits per heavy atom. The van der Waals surface area contributed by atoms with Crippen molar-refractivity contribution in [3.05, 3.63) is 12.2 Å². The third-order valence-electron chi connectivity index (χ3n) is 4.87. The molecule has 0 aromatic rings. The van der Waals surface area contributed by atoms with Crippen LogP contribution in [0.4, 0.5) is 0 Å². The quantitative estimate of drug-likeness (QED) is 0.478. The van der Waals surface area contributed by atoms with Gasteiger partial charge in [0, 0.05) is 0 Å². The minimum atomic E-state index is 0.341. The Labute approximate surface area is 103 Å². The fourth-order valence-corrected chi connectivity index (χ4v) is 2.96. The van der Waals surface area contributed by atoms with E-state index in [2.05, 4.69) is 35.2 Å². The largest absolute Gasteiger partial charge is 0.105 e.